The van der Waals surface area contributed by atoms with Gasteiger partial charge >= 0.3 is 0 Å². The number of carbonyl (C=O) groups is 4. The van der Waals surface area contributed by atoms with Crippen molar-refractivity contribution in [2.24, 2.45) is 5.73 Å². The predicted molar refractivity (Wildman–Crippen MR) is 201 cm³/mol. The molecule has 274 valence electrons. The second-order valence-corrected chi connectivity index (χ2v) is 14.0. The molecule has 0 spiro atoms. The summed E-state index contributed by atoms with van der Waals surface area (Å²) in [6, 6.07) is 18.9. The number of benzene rings is 3. The van der Waals surface area contributed by atoms with Gasteiger partial charge in [0.05, 0.1) is 21.6 Å². The largest absolute Gasteiger partial charge is 0.507 e. The molecular formula is C39H41N7O6S. The van der Waals surface area contributed by atoms with E-state index in [1.807, 2.05) is 48.8 Å². The first-order valence-electron chi connectivity index (χ1n) is 17.2. The maximum absolute atomic E-state index is 13.0. The normalized spacial score (nSPS) is 13.9. The molecule has 53 heavy (non-hydrogen) atoms. The van der Waals surface area contributed by atoms with Crippen molar-refractivity contribution in [3.05, 3.63) is 111 Å². The Balaban J connectivity index is 0.954. The Hall–Kier alpha value is -5.86. The number of amides is 4. The summed E-state index contributed by atoms with van der Waals surface area (Å²) in [5, 5.41) is 22.9. The molecule has 0 saturated heterocycles. The number of rotatable bonds is 13. The second-order valence-electron chi connectivity index (χ2n) is 13.2. The highest BCUT2D eigenvalue weighted by molar-refractivity contribution is 7.13. The Labute approximate surface area is 310 Å². The van der Waals surface area contributed by atoms with Crippen molar-refractivity contribution in [3.63, 3.8) is 0 Å². The number of nitrogens with two attached hydrogens (primary N) is 1. The molecule has 2 aromatic heterocycles. The number of hydrogen-bond donors (Lipinski definition) is 5. The topological polar surface area (TPSA) is 193 Å². The SMILES string of the molecule is Cc1ncsc1-c1ccc([C@@H](N)CC(=O)NCCNC(=O)c2ccc3c(c2)C(CNC(=O)c2cc(-c4ccc(C(=O)N(C)C)c(O)c4)on2)CC3)cc1. The van der Waals surface area contributed by atoms with Crippen LogP contribution in [-0.2, 0) is 11.2 Å². The molecule has 5 aromatic rings. The molecule has 1 aliphatic carbocycles. The molecule has 6 rings (SSSR count). The highest BCUT2D eigenvalue weighted by Gasteiger charge is 2.25. The van der Waals surface area contributed by atoms with Crippen molar-refractivity contribution >= 4 is 35.0 Å². The van der Waals surface area contributed by atoms with Crippen LogP contribution in [0.1, 0.15) is 78.4 Å². The Morgan fingerprint density at radius 2 is 1.72 bits per heavy atom. The van der Waals surface area contributed by atoms with Gasteiger partial charge in [-0.2, -0.15) is 0 Å². The first kappa shape index (κ1) is 36.9. The highest BCUT2D eigenvalue weighted by Crippen LogP contribution is 2.34. The summed E-state index contributed by atoms with van der Waals surface area (Å²) >= 11 is 1.58. The highest BCUT2D eigenvalue weighted by atomic mass is 32.1. The fraction of sp³-hybridized carbons (Fsp3) is 0.282. The zero-order valence-corrected chi connectivity index (χ0v) is 30.5. The number of carbonyl (C=O) groups excluding carboxylic acids is 4. The monoisotopic (exact) mass is 735 g/mol. The van der Waals surface area contributed by atoms with Crippen LogP contribution in [0.3, 0.4) is 0 Å². The van der Waals surface area contributed by atoms with Crippen LogP contribution in [0.2, 0.25) is 0 Å². The molecule has 0 fully saturated rings. The van der Waals surface area contributed by atoms with Gasteiger partial charge in [-0.3, -0.25) is 19.2 Å². The van der Waals surface area contributed by atoms with E-state index in [0.717, 1.165) is 45.7 Å². The van der Waals surface area contributed by atoms with Gasteiger partial charge in [-0.15, -0.1) is 11.3 Å². The molecular weight excluding hydrogens is 695 g/mol. The summed E-state index contributed by atoms with van der Waals surface area (Å²) in [7, 11) is 3.18. The van der Waals surface area contributed by atoms with Gasteiger partial charge in [0.15, 0.2) is 11.5 Å². The standard InChI is InChI=1S/C39H41N7O6S/c1-22-36(53-21-44-22)25-8-6-24(7-9-25)31(40)18-35(48)41-14-15-42-37(49)27-10-4-23-5-11-28(30(23)16-27)20-43-38(50)32-19-34(52-45-32)26-12-13-29(33(47)17-26)39(51)46(2)3/h4,6-10,12-13,16-17,19,21,28,31,47H,5,11,14-15,18,20,40H2,1-3H3,(H,41,48)(H,42,49)(H,43,50)/t28?,31-/m0/s1. The third kappa shape index (κ3) is 8.62. The lowest BCUT2D eigenvalue weighted by molar-refractivity contribution is -0.121. The van der Waals surface area contributed by atoms with E-state index in [9.17, 15) is 24.3 Å². The van der Waals surface area contributed by atoms with E-state index >= 15 is 0 Å². The van der Waals surface area contributed by atoms with Crippen molar-refractivity contribution in [1.29, 1.82) is 0 Å². The molecule has 2 heterocycles. The number of hydrogen-bond acceptors (Lipinski definition) is 10. The third-order valence-corrected chi connectivity index (χ3v) is 10.2. The Bertz CT molecular complexity index is 2140. The molecule has 2 atom stereocenters. The van der Waals surface area contributed by atoms with Crippen molar-refractivity contribution < 1.29 is 28.8 Å². The van der Waals surface area contributed by atoms with Crippen LogP contribution in [-0.4, -0.2) is 77.5 Å². The average Bonchev–Trinajstić information content (AvgIpc) is 3.92. The number of phenols is 1. The van der Waals surface area contributed by atoms with E-state index in [0.29, 0.717) is 17.7 Å². The molecule has 4 amide bonds. The molecule has 14 heteroatoms. The minimum absolute atomic E-state index is 0.00307. The smallest absolute Gasteiger partial charge is 0.273 e. The van der Waals surface area contributed by atoms with Crippen molar-refractivity contribution in [1.82, 2.24) is 31.0 Å². The summed E-state index contributed by atoms with van der Waals surface area (Å²) < 4.78 is 5.36. The molecule has 1 aliphatic rings. The summed E-state index contributed by atoms with van der Waals surface area (Å²) in [6.07, 6.45) is 1.75. The summed E-state index contributed by atoms with van der Waals surface area (Å²) in [5.74, 6) is -1.16. The summed E-state index contributed by atoms with van der Waals surface area (Å²) in [5.41, 5.74) is 14.3. The predicted octanol–water partition coefficient (Wildman–Crippen LogP) is 4.58. The molecule has 0 bridgehead atoms. The Kier molecular flexibility index (Phi) is 11.3. The Morgan fingerprint density at radius 3 is 2.43 bits per heavy atom. The van der Waals surface area contributed by atoms with Gasteiger partial charge < -0.3 is 36.2 Å². The number of nitrogens with zero attached hydrogens (tertiary/aromatic N) is 3. The van der Waals surface area contributed by atoms with Crippen molar-refractivity contribution in [2.75, 3.05) is 33.7 Å². The molecule has 3 aromatic carbocycles. The summed E-state index contributed by atoms with van der Waals surface area (Å²) in [4.78, 5) is 57.5. The van der Waals surface area contributed by atoms with Gasteiger partial charge in [0.2, 0.25) is 5.91 Å². The van der Waals surface area contributed by atoms with Gasteiger partial charge in [0.1, 0.15) is 5.75 Å². The van der Waals surface area contributed by atoms with E-state index in [4.69, 9.17) is 10.3 Å². The number of fused-ring (bicyclic) bond motifs is 1. The number of thiazole rings is 1. The van der Waals surface area contributed by atoms with Crippen LogP contribution in [0.5, 0.6) is 5.75 Å². The van der Waals surface area contributed by atoms with Crippen LogP contribution < -0.4 is 21.7 Å². The van der Waals surface area contributed by atoms with Gasteiger partial charge in [0.25, 0.3) is 17.7 Å². The maximum atomic E-state index is 13.0. The van der Waals surface area contributed by atoms with E-state index in [1.54, 1.807) is 37.6 Å². The molecule has 0 saturated carbocycles. The second kappa shape index (κ2) is 16.2. The zero-order valence-electron chi connectivity index (χ0n) is 29.6. The minimum atomic E-state index is -0.459. The average molecular weight is 736 g/mol. The lowest BCUT2D eigenvalue weighted by Gasteiger charge is -2.14. The van der Waals surface area contributed by atoms with E-state index in [1.165, 1.54) is 23.1 Å². The lowest BCUT2D eigenvalue weighted by Crippen LogP contribution is -2.35. The molecule has 13 nitrogen and oxygen atoms in total. The number of nitrogens with one attached hydrogen (secondary N) is 3. The summed E-state index contributed by atoms with van der Waals surface area (Å²) in [6.45, 7) is 2.81. The molecule has 6 N–H and O–H groups in total. The van der Waals surface area contributed by atoms with Crippen molar-refractivity contribution in [3.8, 4) is 27.5 Å². The van der Waals surface area contributed by atoms with Crippen LogP contribution in [0.15, 0.2) is 76.8 Å². The van der Waals surface area contributed by atoms with Crippen molar-refractivity contribution in [2.45, 2.75) is 38.1 Å². The quantitative estimate of drug-likeness (QED) is 0.108. The number of phenolic OH excluding ortho intramolecular Hbond substituents is 1. The third-order valence-electron chi connectivity index (χ3n) is 9.27. The first-order chi connectivity index (χ1) is 25.5. The number of aromatic nitrogens is 2. The lowest BCUT2D eigenvalue weighted by atomic mass is 9.98. The van der Waals surface area contributed by atoms with Gasteiger partial charge in [-0.1, -0.05) is 41.6 Å². The fourth-order valence-corrected chi connectivity index (χ4v) is 7.11. The van der Waals surface area contributed by atoms with Gasteiger partial charge in [0, 0.05) is 69.3 Å². The minimum Gasteiger partial charge on any atom is -0.507 e. The Morgan fingerprint density at radius 1 is 0.962 bits per heavy atom. The number of aryl methyl sites for hydroxylation is 2. The van der Waals surface area contributed by atoms with E-state index < -0.39 is 11.9 Å². The molecule has 0 aliphatic heterocycles. The molecule has 1 unspecified atom stereocenters. The van der Waals surface area contributed by atoms with Crippen LogP contribution in [0.25, 0.3) is 21.8 Å². The first-order valence-corrected chi connectivity index (χ1v) is 18.1. The van der Waals surface area contributed by atoms with Gasteiger partial charge in [-0.05, 0) is 66.3 Å². The maximum Gasteiger partial charge on any atom is 0.273 e. The van der Waals surface area contributed by atoms with Gasteiger partial charge in [-0.25, -0.2) is 4.98 Å². The fourth-order valence-electron chi connectivity index (χ4n) is 6.30. The number of aromatic hydroxyl groups is 1. The zero-order chi connectivity index (χ0) is 37.6. The van der Waals surface area contributed by atoms with Crippen LogP contribution >= 0.6 is 11.3 Å². The molecule has 0 radical (unpaired) electrons. The van der Waals surface area contributed by atoms with Crippen LogP contribution in [0, 0.1) is 6.92 Å². The van der Waals surface area contributed by atoms with E-state index in [-0.39, 0.29) is 65.9 Å². The van der Waals surface area contributed by atoms with E-state index in [2.05, 4.69) is 26.1 Å². The van der Waals surface area contributed by atoms with Crippen LogP contribution in [0.4, 0.5) is 0 Å².